The fraction of sp³-hybridized carbons (Fsp3) is 0.500. The summed E-state index contributed by atoms with van der Waals surface area (Å²) in [7, 11) is 0. The van der Waals surface area contributed by atoms with E-state index in [1.165, 1.54) is 5.56 Å². The Hall–Kier alpha value is -1.65. The second-order valence-electron chi connectivity index (χ2n) is 6.14. The summed E-state index contributed by atoms with van der Waals surface area (Å²) in [6.07, 6.45) is 3.56. The van der Waals surface area contributed by atoms with Crippen molar-refractivity contribution >= 4 is 0 Å². The predicted octanol–water partition coefficient (Wildman–Crippen LogP) is 3.78. The van der Waals surface area contributed by atoms with E-state index in [0.717, 1.165) is 42.7 Å². The maximum absolute atomic E-state index is 9.70. The van der Waals surface area contributed by atoms with Gasteiger partial charge in [0.1, 0.15) is 11.5 Å². The number of ether oxygens (including phenoxy) is 1. The van der Waals surface area contributed by atoms with Gasteiger partial charge in [-0.1, -0.05) is 17.7 Å². The summed E-state index contributed by atoms with van der Waals surface area (Å²) in [5.41, 5.74) is 3.02. The fourth-order valence-corrected chi connectivity index (χ4v) is 2.93. The first-order valence-corrected chi connectivity index (χ1v) is 7.95. The highest BCUT2D eigenvalue weighted by atomic mass is 16.5. The summed E-state index contributed by atoms with van der Waals surface area (Å²) in [6.45, 7) is 4.41. The quantitative estimate of drug-likeness (QED) is 0.933. The molecule has 2 aromatic rings. The zero-order valence-electron chi connectivity index (χ0n) is 13.2. The highest BCUT2D eigenvalue weighted by Gasteiger charge is 2.21. The molecule has 1 N–H and O–H groups in total. The number of hydrogen-bond acceptors (Lipinski definition) is 4. The van der Waals surface area contributed by atoms with Crippen molar-refractivity contribution in [1.82, 2.24) is 4.98 Å². The maximum Gasteiger partial charge on any atom is 0.226 e. The van der Waals surface area contributed by atoms with Crippen LogP contribution in [-0.2, 0) is 11.3 Å². The molecule has 0 spiro atoms. The van der Waals surface area contributed by atoms with E-state index in [4.69, 9.17) is 9.15 Å². The number of hydrogen-bond donors (Lipinski definition) is 1. The first-order valence-electron chi connectivity index (χ1n) is 7.95. The molecule has 4 nitrogen and oxygen atoms in total. The molecule has 0 amide bonds. The zero-order chi connectivity index (χ0) is 15.5. The third-order valence-electron chi connectivity index (χ3n) is 4.21. The van der Waals surface area contributed by atoms with E-state index in [-0.39, 0.29) is 12.2 Å². The van der Waals surface area contributed by atoms with Crippen molar-refractivity contribution in [2.45, 2.75) is 58.3 Å². The van der Waals surface area contributed by atoms with E-state index in [9.17, 15) is 5.11 Å². The van der Waals surface area contributed by atoms with E-state index in [1.54, 1.807) is 0 Å². The minimum atomic E-state index is -0.222. The lowest BCUT2D eigenvalue weighted by Gasteiger charge is -2.25. The SMILES string of the molecule is Cc1cccc(-c2nc(CO[C@@H]3CCC[C@H](O)C3)c(C)o2)c1. The van der Waals surface area contributed by atoms with Gasteiger partial charge in [-0.2, -0.15) is 0 Å². The van der Waals surface area contributed by atoms with Crippen LogP contribution in [0.4, 0.5) is 0 Å². The molecule has 0 bridgehead atoms. The fourth-order valence-electron chi connectivity index (χ4n) is 2.93. The van der Waals surface area contributed by atoms with Crippen LogP contribution < -0.4 is 0 Å². The van der Waals surface area contributed by atoms with Crippen LogP contribution in [0, 0.1) is 13.8 Å². The molecule has 118 valence electrons. The number of aliphatic hydroxyl groups excluding tert-OH is 1. The molecule has 0 unspecified atom stereocenters. The van der Waals surface area contributed by atoms with Crippen molar-refractivity contribution in [2.75, 3.05) is 0 Å². The molecule has 1 aromatic carbocycles. The second kappa shape index (κ2) is 6.63. The summed E-state index contributed by atoms with van der Waals surface area (Å²) in [5.74, 6) is 1.44. The highest BCUT2D eigenvalue weighted by Crippen LogP contribution is 2.25. The summed E-state index contributed by atoms with van der Waals surface area (Å²) >= 11 is 0. The van der Waals surface area contributed by atoms with Crippen LogP contribution in [-0.4, -0.2) is 22.3 Å². The molecule has 1 aliphatic rings. The third kappa shape index (κ3) is 3.57. The number of benzene rings is 1. The lowest BCUT2D eigenvalue weighted by Crippen LogP contribution is -2.25. The Bertz CT molecular complexity index is 635. The minimum Gasteiger partial charge on any atom is -0.441 e. The molecule has 1 aromatic heterocycles. The second-order valence-corrected chi connectivity index (χ2v) is 6.14. The van der Waals surface area contributed by atoms with Crippen molar-refractivity contribution in [3.63, 3.8) is 0 Å². The molecule has 22 heavy (non-hydrogen) atoms. The topological polar surface area (TPSA) is 55.5 Å². The average molecular weight is 301 g/mol. The number of aromatic nitrogens is 1. The molecule has 2 atom stereocenters. The standard InChI is InChI=1S/C18H23NO3/c1-12-5-3-6-14(9-12)18-19-17(13(2)22-18)11-21-16-8-4-7-15(20)10-16/h3,5-6,9,15-16,20H,4,7-8,10-11H2,1-2H3/t15-,16+/m0/s1. The molecular formula is C18H23NO3. The van der Waals surface area contributed by atoms with E-state index < -0.39 is 0 Å². The van der Waals surface area contributed by atoms with Gasteiger partial charge < -0.3 is 14.3 Å². The van der Waals surface area contributed by atoms with Gasteiger partial charge in [-0.15, -0.1) is 0 Å². The summed E-state index contributed by atoms with van der Waals surface area (Å²) in [6, 6.07) is 8.12. The van der Waals surface area contributed by atoms with Crippen LogP contribution in [0.3, 0.4) is 0 Å². The zero-order valence-corrected chi connectivity index (χ0v) is 13.2. The van der Waals surface area contributed by atoms with E-state index in [1.807, 2.05) is 19.1 Å². The first-order chi connectivity index (χ1) is 10.6. The molecule has 0 saturated heterocycles. The molecule has 0 radical (unpaired) electrons. The van der Waals surface area contributed by atoms with Crippen LogP contribution in [0.2, 0.25) is 0 Å². The first kappa shape index (κ1) is 15.3. The predicted molar refractivity (Wildman–Crippen MR) is 84.5 cm³/mol. The van der Waals surface area contributed by atoms with Gasteiger partial charge in [-0.05, 0) is 51.7 Å². The van der Waals surface area contributed by atoms with E-state index >= 15 is 0 Å². The van der Waals surface area contributed by atoms with Crippen molar-refractivity contribution in [1.29, 1.82) is 0 Å². The van der Waals surface area contributed by atoms with Gasteiger partial charge >= 0.3 is 0 Å². The smallest absolute Gasteiger partial charge is 0.226 e. The lowest BCUT2D eigenvalue weighted by atomic mass is 9.95. The molecule has 4 heteroatoms. The number of rotatable bonds is 4. The molecule has 3 rings (SSSR count). The molecule has 1 heterocycles. The monoisotopic (exact) mass is 301 g/mol. The number of oxazole rings is 1. The molecular weight excluding hydrogens is 278 g/mol. The van der Waals surface area contributed by atoms with Gasteiger partial charge in [0.25, 0.3) is 0 Å². The Morgan fingerprint density at radius 1 is 1.32 bits per heavy atom. The van der Waals surface area contributed by atoms with Gasteiger partial charge in [0.05, 0.1) is 18.8 Å². The highest BCUT2D eigenvalue weighted by molar-refractivity contribution is 5.54. The van der Waals surface area contributed by atoms with Crippen LogP contribution >= 0.6 is 0 Å². The third-order valence-corrected chi connectivity index (χ3v) is 4.21. The molecule has 0 aliphatic heterocycles. The maximum atomic E-state index is 9.70. The van der Waals surface area contributed by atoms with Gasteiger partial charge in [0.2, 0.25) is 5.89 Å². The van der Waals surface area contributed by atoms with E-state index in [0.29, 0.717) is 12.5 Å². The number of nitrogens with zero attached hydrogens (tertiary/aromatic N) is 1. The van der Waals surface area contributed by atoms with Crippen LogP contribution in [0.5, 0.6) is 0 Å². The lowest BCUT2D eigenvalue weighted by molar-refractivity contribution is -0.0240. The van der Waals surface area contributed by atoms with Crippen LogP contribution in [0.15, 0.2) is 28.7 Å². The van der Waals surface area contributed by atoms with Crippen LogP contribution in [0.25, 0.3) is 11.5 Å². The average Bonchev–Trinajstić information content (AvgIpc) is 2.86. The Labute approximate surface area is 131 Å². The minimum absolute atomic E-state index is 0.127. The van der Waals surface area contributed by atoms with Crippen molar-refractivity contribution in [3.05, 3.63) is 41.3 Å². The number of aliphatic hydroxyl groups is 1. The van der Waals surface area contributed by atoms with E-state index in [2.05, 4.69) is 24.0 Å². The van der Waals surface area contributed by atoms with Gasteiger partial charge in [0, 0.05) is 5.56 Å². The van der Waals surface area contributed by atoms with Crippen LogP contribution in [0.1, 0.15) is 42.7 Å². The summed E-state index contributed by atoms with van der Waals surface area (Å²) in [5, 5.41) is 9.70. The molecule has 1 saturated carbocycles. The largest absolute Gasteiger partial charge is 0.441 e. The van der Waals surface area contributed by atoms with Crippen molar-refractivity contribution in [2.24, 2.45) is 0 Å². The summed E-state index contributed by atoms with van der Waals surface area (Å²) < 4.78 is 11.7. The Morgan fingerprint density at radius 2 is 2.18 bits per heavy atom. The molecule has 1 aliphatic carbocycles. The number of aryl methyl sites for hydroxylation is 2. The Balaban J connectivity index is 1.67. The summed E-state index contributed by atoms with van der Waals surface area (Å²) in [4.78, 5) is 4.57. The van der Waals surface area contributed by atoms with Gasteiger partial charge in [0.15, 0.2) is 0 Å². The normalized spacial score (nSPS) is 22.0. The van der Waals surface area contributed by atoms with Gasteiger partial charge in [-0.3, -0.25) is 0 Å². The Morgan fingerprint density at radius 3 is 2.95 bits per heavy atom. The Kier molecular flexibility index (Phi) is 4.60. The molecule has 1 fully saturated rings. The van der Waals surface area contributed by atoms with Crippen molar-refractivity contribution in [3.8, 4) is 11.5 Å². The van der Waals surface area contributed by atoms with Crippen molar-refractivity contribution < 1.29 is 14.3 Å². The van der Waals surface area contributed by atoms with Gasteiger partial charge in [-0.25, -0.2) is 4.98 Å².